The number of halogens is 3. The third kappa shape index (κ3) is 3.05. The topological polar surface area (TPSA) is 12.9 Å². The van der Waals surface area contributed by atoms with Crippen molar-refractivity contribution in [1.29, 1.82) is 0 Å². The molecule has 0 aliphatic carbocycles. The van der Waals surface area contributed by atoms with Crippen LogP contribution in [0.2, 0.25) is 10.0 Å². The van der Waals surface area contributed by atoms with E-state index in [2.05, 4.69) is 33.9 Å². The molecule has 1 nitrogen and oxygen atoms in total. The maximum absolute atomic E-state index is 6.20. The van der Waals surface area contributed by atoms with Crippen LogP contribution in [-0.2, 0) is 6.42 Å². The number of pyridine rings is 1. The SMILES string of the molecule is Cc1cccnc1CC(Br)c1c(Cl)cccc1Cl. The number of aromatic nitrogens is 1. The molecule has 0 amide bonds. The first kappa shape index (κ1) is 13.9. The summed E-state index contributed by atoms with van der Waals surface area (Å²) in [4.78, 5) is 4.45. The number of alkyl halides is 1. The van der Waals surface area contributed by atoms with Crippen molar-refractivity contribution >= 4 is 39.1 Å². The molecule has 1 atom stereocenters. The monoisotopic (exact) mass is 343 g/mol. The van der Waals surface area contributed by atoms with Gasteiger partial charge in [-0.1, -0.05) is 51.3 Å². The minimum absolute atomic E-state index is 0.0623. The first-order valence-electron chi connectivity index (χ1n) is 5.58. The Morgan fingerprint density at radius 3 is 2.44 bits per heavy atom. The van der Waals surface area contributed by atoms with Gasteiger partial charge in [-0.15, -0.1) is 0 Å². The van der Waals surface area contributed by atoms with Gasteiger partial charge < -0.3 is 0 Å². The van der Waals surface area contributed by atoms with Crippen LogP contribution >= 0.6 is 39.1 Å². The summed E-state index contributed by atoms with van der Waals surface area (Å²) < 4.78 is 0. The Bertz CT molecular complexity index is 537. The van der Waals surface area contributed by atoms with Crippen molar-refractivity contribution in [2.24, 2.45) is 0 Å². The molecule has 0 aliphatic heterocycles. The lowest BCUT2D eigenvalue weighted by Crippen LogP contribution is -2.01. The lowest BCUT2D eigenvalue weighted by atomic mass is 10.0. The van der Waals surface area contributed by atoms with Gasteiger partial charge in [0.15, 0.2) is 0 Å². The van der Waals surface area contributed by atoms with Gasteiger partial charge in [-0.2, -0.15) is 0 Å². The van der Waals surface area contributed by atoms with Gasteiger partial charge >= 0.3 is 0 Å². The molecule has 1 unspecified atom stereocenters. The zero-order valence-electron chi connectivity index (χ0n) is 9.83. The average molecular weight is 345 g/mol. The fraction of sp³-hybridized carbons (Fsp3) is 0.214. The summed E-state index contributed by atoms with van der Waals surface area (Å²) in [6.45, 7) is 2.05. The molecule has 2 rings (SSSR count). The largest absolute Gasteiger partial charge is 0.261 e. The van der Waals surface area contributed by atoms with E-state index in [9.17, 15) is 0 Å². The zero-order chi connectivity index (χ0) is 13.1. The molecule has 0 bridgehead atoms. The number of aryl methyl sites for hydroxylation is 1. The Morgan fingerprint density at radius 2 is 1.83 bits per heavy atom. The quantitative estimate of drug-likeness (QED) is 0.681. The summed E-state index contributed by atoms with van der Waals surface area (Å²) in [7, 11) is 0. The molecule has 94 valence electrons. The molecule has 0 saturated carbocycles. The fourth-order valence-electron chi connectivity index (χ4n) is 1.81. The molecular formula is C14H12BrCl2N. The van der Waals surface area contributed by atoms with Crippen LogP contribution in [0.15, 0.2) is 36.5 Å². The van der Waals surface area contributed by atoms with Gasteiger partial charge in [0.2, 0.25) is 0 Å². The smallest absolute Gasteiger partial charge is 0.0480 e. The van der Waals surface area contributed by atoms with Crippen molar-refractivity contribution < 1.29 is 0 Å². The van der Waals surface area contributed by atoms with Gasteiger partial charge in [-0.3, -0.25) is 4.98 Å². The Kier molecular flexibility index (Phi) is 4.66. The Labute approximate surface area is 125 Å². The van der Waals surface area contributed by atoms with Gasteiger partial charge in [0.05, 0.1) is 0 Å². The highest BCUT2D eigenvalue weighted by Gasteiger charge is 2.16. The molecule has 0 radical (unpaired) electrons. The van der Waals surface area contributed by atoms with E-state index in [-0.39, 0.29) is 4.83 Å². The molecule has 0 saturated heterocycles. The highest BCUT2D eigenvalue weighted by molar-refractivity contribution is 9.09. The van der Waals surface area contributed by atoms with Crippen LogP contribution < -0.4 is 0 Å². The first-order valence-corrected chi connectivity index (χ1v) is 7.25. The zero-order valence-corrected chi connectivity index (χ0v) is 12.9. The van der Waals surface area contributed by atoms with Crippen molar-refractivity contribution in [3.63, 3.8) is 0 Å². The van der Waals surface area contributed by atoms with Gasteiger partial charge in [0.25, 0.3) is 0 Å². The molecule has 18 heavy (non-hydrogen) atoms. The summed E-state index contributed by atoms with van der Waals surface area (Å²) in [5.41, 5.74) is 3.14. The number of benzene rings is 1. The lowest BCUT2D eigenvalue weighted by molar-refractivity contribution is 0.892. The number of nitrogens with zero attached hydrogens (tertiary/aromatic N) is 1. The van der Waals surface area contributed by atoms with Crippen LogP contribution in [0.1, 0.15) is 21.6 Å². The molecule has 0 aliphatic rings. The number of hydrogen-bond acceptors (Lipinski definition) is 1. The second-order valence-corrected chi connectivity index (χ2v) is 5.99. The predicted octanol–water partition coefficient (Wildman–Crippen LogP) is 5.38. The molecular weight excluding hydrogens is 333 g/mol. The average Bonchev–Trinajstić information content (AvgIpc) is 2.32. The number of hydrogen-bond donors (Lipinski definition) is 0. The summed E-state index contributed by atoms with van der Waals surface area (Å²) in [6.07, 6.45) is 2.56. The summed E-state index contributed by atoms with van der Waals surface area (Å²) >= 11 is 16.0. The highest BCUT2D eigenvalue weighted by Crippen LogP contribution is 2.37. The van der Waals surface area contributed by atoms with Gasteiger partial charge in [0, 0.05) is 38.7 Å². The van der Waals surface area contributed by atoms with Crippen LogP contribution in [0.5, 0.6) is 0 Å². The fourth-order valence-corrected chi connectivity index (χ4v) is 3.54. The Hall–Kier alpha value is -0.570. The van der Waals surface area contributed by atoms with Crippen LogP contribution in [0.3, 0.4) is 0 Å². The second kappa shape index (κ2) is 6.05. The van der Waals surface area contributed by atoms with E-state index in [0.717, 1.165) is 17.7 Å². The van der Waals surface area contributed by atoms with E-state index < -0.39 is 0 Å². The first-order chi connectivity index (χ1) is 8.59. The molecule has 0 N–H and O–H groups in total. The second-order valence-electron chi connectivity index (χ2n) is 4.07. The van der Waals surface area contributed by atoms with E-state index in [4.69, 9.17) is 23.2 Å². The lowest BCUT2D eigenvalue weighted by Gasteiger charge is -2.14. The van der Waals surface area contributed by atoms with Crippen LogP contribution in [-0.4, -0.2) is 4.98 Å². The normalized spacial score (nSPS) is 12.4. The van der Waals surface area contributed by atoms with Crippen LogP contribution in [0.25, 0.3) is 0 Å². The van der Waals surface area contributed by atoms with Crippen molar-refractivity contribution in [2.75, 3.05) is 0 Å². The molecule has 4 heteroatoms. The third-order valence-electron chi connectivity index (χ3n) is 2.80. The minimum atomic E-state index is 0.0623. The van der Waals surface area contributed by atoms with Crippen LogP contribution in [0.4, 0.5) is 0 Å². The van der Waals surface area contributed by atoms with Gasteiger partial charge in [0.1, 0.15) is 0 Å². The van der Waals surface area contributed by atoms with Crippen LogP contribution in [0, 0.1) is 6.92 Å². The molecule has 2 aromatic rings. The van der Waals surface area contributed by atoms with Crippen molar-refractivity contribution in [3.05, 3.63) is 63.4 Å². The Balaban J connectivity index is 2.28. The summed E-state index contributed by atoms with van der Waals surface area (Å²) in [6, 6.07) is 9.53. The maximum Gasteiger partial charge on any atom is 0.0480 e. The molecule has 1 aromatic heterocycles. The minimum Gasteiger partial charge on any atom is -0.261 e. The van der Waals surface area contributed by atoms with E-state index in [1.54, 1.807) is 6.20 Å². The van der Waals surface area contributed by atoms with E-state index >= 15 is 0 Å². The van der Waals surface area contributed by atoms with E-state index in [1.807, 2.05) is 24.3 Å². The Morgan fingerprint density at radius 1 is 1.17 bits per heavy atom. The van der Waals surface area contributed by atoms with Gasteiger partial charge in [-0.25, -0.2) is 0 Å². The number of rotatable bonds is 3. The van der Waals surface area contributed by atoms with Crippen molar-refractivity contribution in [1.82, 2.24) is 4.98 Å². The van der Waals surface area contributed by atoms with Gasteiger partial charge in [-0.05, 0) is 30.7 Å². The molecule has 1 aromatic carbocycles. The summed E-state index contributed by atoms with van der Waals surface area (Å²) in [5.74, 6) is 0. The molecule has 1 heterocycles. The maximum atomic E-state index is 6.20. The third-order valence-corrected chi connectivity index (χ3v) is 4.24. The van der Waals surface area contributed by atoms with Crippen molar-refractivity contribution in [2.45, 2.75) is 18.2 Å². The van der Waals surface area contributed by atoms with E-state index in [0.29, 0.717) is 10.0 Å². The standard InChI is InChI=1S/C14H12BrCl2N/c1-9-4-3-7-18-13(9)8-10(15)14-11(16)5-2-6-12(14)17/h2-7,10H,8H2,1H3. The van der Waals surface area contributed by atoms with Crippen molar-refractivity contribution in [3.8, 4) is 0 Å². The molecule has 0 spiro atoms. The molecule has 0 fully saturated rings. The highest BCUT2D eigenvalue weighted by atomic mass is 79.9. The van der Waals surface area contributed by atoms with E-state index in [1.165, 1.54) is 5.56 Å². The summed E-state index contributed by atoms with van der Waals surface area (Å²) in [5, 5.41) is 1.36. The predicted molar refractivity (Wildman–Crippen MR) is 80.8 cm³/mol.